The van der Waals surface area contributed by atoms with Crippen molar-refractivity contribution in [2.75, 3.05) is 18.2 Å². The monoisotopic (exact) mass is 236 g/mol. The lowest BCUT2D eigenvalue weighted by Crippen LogP contribution is -2.42. The highest BCUT2D eigenvalue weighted by Crippen LogP contribution is 2.36. The third-order valence-corrected chi connectivity index (χ3v) is 3.79. The van der Waals surface area contributed by atoms with Gasteiger partial charge >= 0.3 is 0 Å². The highest BCUT2D eigenvalue weighted by Gasteiger charge is 2.33. The topological polar surface area (TPSA) is 41.1 Å². The Bertz CT molecular complexity index is 209. The Kier molecular flexibility index (Phi) is 4.54. The van der Waals surface area contributed by atoms with Gasteiger partial charge in [-0.2, -0.15) is 0 Å². The van der Waals surface area contributed by atoms with Crippen LogP contribution >= 0.6 is 24.2 Å². The van der Waals surface area contributed by atoms with Crippen molar-refractivity contribution in [2.45, 2.75) is 19.4 Å². The fraction of sp³-hybridized carbons (Fsp3) is 0.889. The number of hydrogen-bond donors (Lipinski definition) is 2. The molecule has 2 N–H and O–H groups in total. The van der Waals surface area contributed by atoms with Crippen molar-refractivity contribution in [3.8, 4) is 0 Å². The van der Waals surface area contributed by atoms with Crippen molar-refractivity contribution >= 4 is 30.1 Å². The van der Waals surface area contributed by atoms with E-state index in [1.807, 2.05) is 0 Å². The van der Waals surface area contributed by atoms with Crippen LogP contribution < -0.4 is 10.6 Å². The van der Waals surface area contributed by atoms with Crippen molar-refractivity contribution in [3.63, 3.8) is 0 Å². The van der Waals surface area contributed by atoms with E-state index < -0.39 is 0 Å². The standard InChI is InChI=1S/C9H16N2OS.ClH/c1-6-2-7(6)3-10-9(12)8-4-13-5-11-8;/h6-8,11H,2-5H2,1H3,(H,10,12);1H/t6?,7?,8-;/m1./s1. The predicted molar refractivity (Wildman–Crippen MR) is 61.8 cm³/mol. The van der Waals surface area contributed by atoms with Crippen molar-refractivity contribution in [1.82, 2.24) is 10.6 Å². The molecule has 1 amide bonds. The lowest BCUT2D eigenvalue weighted by Gasteiger charge is -2.09. The molecule has 5 heteroatoms. The number of rotatable bonds is 3. The normalized spacial score (nSPS) is 34.8. The summed E-state index contributed by atoms with van der Waals surface area (Å²) in [5.74, 6) is 3.59. The third kappa shape index (κ3) is 3.04. The van der Waals surface area contributed by atoms with Gasteiger partial charge in [0.25, 0.3) is 0 Å². The van der Waals surface area contributed by atoms with Gasteiger partial charge in [-0.3, -0.25) is 10.1 Å². The highest BCUT2D eigenvalue weighted by atomic mass is 35.5. The average Bonchev–Trinajstić information content (AvgIpc) is 2.67. The van der Waals surface area contributed by atoms with E-state index in [1.54, 1.807) is 11.8 Å². The van der Waals surface area contributed by atoms with Gasteiger partial charge in [0.1, 0.15) is 0 Å². The van der Waals surface area contributed by atoms with Crippen LogP contribution in [0.2, 0.25) is 0 Å². The maximum atomic E-state index is 11.5. The van der Waals surface area contributed by atoms with Crippen molar-refractivity contribution < 1.29 is 4.79 Å². The summed E-state index contributed by atoms with van der Waals surface area (Å²) in [4.78, 5) is 11.5. The molecule has 0 aromatic rings. The molecule has 2 fully saturated rings. The first-order valence-corrected chi connectivity index (χ1v) is 6.01. The zero-order chi connectivity index (χ0) is 9.26. The van der Waals surface area contributed by atoms with Crippen molar-refractivity contribution in [3.05, 3.63) is 0 Å². The minimum absolute atomic E-state index is 0. The molecule has 14 heavy (non-hydrogen) atoms. The van der Waals surface area contributed by atoms with Crippen LogP contribution in [-0.2, 0) is 4.79 Å². The number of carbonyl (C=O) groups excluding carboxylic acids is 1. The summed E-state index contributed by atoms with van der Waals surface area (Å²) in [7, 11) is 0. The fourth-order valence-electron chi connectivity index (χ4n) is 1.60. The van der Waals surface area contributed by atoms with Crippen LogP contribution in [-0.4, -0.2) is 30.1 Å². The summed E-state index contributed by atoms with van der Waals surface area (Å²) in [6.45, 7) is 3.11. The van der Waals surface area contributed by atoms with Crippen LogP contribution in [0.4, 0.5) is 0 Å². The second-order valence-electron chi connectivity index (χ2n) is 3.99. The van der Waals surface area contributed by atoms with Gasteiger partial charge in [0.15, 0.2) is 0 Å². The van der Waals surface area contributed by atoms with Gasteiger partial charge in [-0.25, -0.2) is 0 Å². The van der Waals surface area contributed by atoms with Gasteiger partial charge in [-0.15, -0.1) is 24.2 Å². The molecule has 3 nitrogen and oxygen atoms in total. The van der Waals surface area contributed by atoms with E-state index in [0.29, 0.717) is 0 Å². The van der Waals surface area contributed by atoms with E-state index in [9.17, 15) is 4.79 Å². The van der Waals surface area contributed by atoms with Gasteiger partial charge in [0.2, 0.25) is 5.91 Å². The first-order chi connectivity index (χ1) is 6.27. The summed E-state index contributed by atoms with van der Waals surface area (Å²) < 4.78 is 0. The number of carbonyl (C=O) groups is 1. The Labute approximate surface area is 95.2 Å². The molecule has 2 aliphatic rings. The molecule has 2 rings (SSSR count). The molecule has 1 aliphatic carbocycles. The van der Waals surface area contributed by atoms with E-state index in [-0.39, 0.29) is 24.4 Å². The molecule has 3 atom stereocenters. The Morgan fingerprint density at radius 3 is 2.86 bits per heavy atom. The number of hydrogen-bond acceptors (Lipinski definition) is 3. The Morgan fingerprint density at radius 1 is 1.64 bits per heavy atom. The maximum absolute atomic E-state index is 11.5. The lowest BCUT2D eigenvalue weighted by atomic mass is 10.3. The molecule has 0 aromatic heterocycles. The molecule has 0 bridgehead atoms. The van der Waals surface area contributed by atoms with Crippen LogP contribution in [0, 0.1) is 11.8 Å². The summed E-state index contributed by atoms with van der Waals surface area (Å²) in [5, 5.41) is 6.16. The number of nitrogens with one attached hydrogen (secondary N) is 2. The smallest absolute Gasteiger partial charge is 0.238 e. The molecular weight excluding hydrogens is 220 g/mol. The number of amides is 1. The van der Waals surface area contributed by atoms with Gasteiger partial charge in [-0.1, -0.05) is 6.92 Å². The van der Waals surface area contributed by atoms with Crippen LogP contribution in [0.15, 0.2) is 0 Å². The largest absolute Gasteiger partial charge is 0.354 e. The quantitative estimate of drug-likeness (QED) is 0.763. The van der Waals surface area contributed by atoms with Crippen LogP contribution in [0.25, 0.3) is 0 Å². The summed E-state index contributed by atoms with van der Waals surface area (Å²) in [6, 6.07) is 0.0547. The summed E-state index contributed by atoms with van der Waals surface area (Å²) in [5.41, 5.74) is 0. The summed E-state index contributed by atoms with van der Waals surface area (Å²) >= 11 is 1.79. The van der Waals surface area contributed by atoms with E-state index >= 15 is 0 Å². The van der Waals surface area contributed by atoms with Crippen LogP contribution in [0.3, 0.4) is 0 Å². The molecule has 0 spiro atoms. The lowest BCUT2D eigenvalue weighted by molar-refractivity contribution is -0.122. The second kappa shape index (κ2) is 5.24. The molecule has 1 saturated carbocycles. The van der Waals surface area contributed by atoms with Crippen LogP contribution in [0.1, 0.15) is 13.3 Å². The molecule has 82 valence electrons. The molecule has 0 aromatic carbocycles. The van der Waals surface area contributed by atoms with Crippen molar-refractivity contribution in [1.29, 1.82) is 0 Å². The highest BCUT2D eigenvalue weighted by molar-refractivity contribution is 7.99. The molecule has 1 saturated heterocycles. The second-order valence-corrected chi connectivity index (χ2v) is 5.02. The molecular formula is C9H17ClN2OS. The zero-order valence-corrected chi connectivity index (χ0v) is 9.92. The minimum Gasteiger partial charge on any atom is -0.354 e. The van der Waals surface area contributed by atoms with Gasteiger partial charge in [0, 0.05) is 18.2 Å². The van der Waals surface area contributed by atoms with E-state index in [4.69, 9.17) is 0 Å². The number of halogens is 1. The summed E-state index contributed by atoms with van der Waals surface area (Å²) in [6.07, 6.45) is 1.28. The van der Waals surface area contributed by atoms with Gasteiger partial charge in [-0.05, 0) is 18.3 Å². The van der Waals surface area contributed by atoms with E-state index in [1.165, 1.54) is 6.42 Å². The third-order valence-electron chi connectivity index (χ3n) is 2.85. The molecule has 1 heterocycles. The maximum Gasteiger partial charge on any atom is 0.238 e. The first-order valence-electron chi connectivity index (χ1n) is 4.86. The van der Waals surface area contributed by atoms with Crippen LogP contribution in [0.5, 0.6) is 0 Å². The minimum atomic E-state index is 0. The van der Waals surface area contributed by atoms with Crippen molar-refractivity contribution in [2.24, 2.45) is 11.8 Å². The predicted octanol–water partition coefficient (Wildman–Crippen LogP) is 0.843. The Hall–Kier alpha value is 0.0700. The van der Waals surface area contributed by atoms with E-state index in [2.05, 4.69) is 17.6 Å². The van der Waals surface area contributed by atoms with E-state index in [0.717, 1.165) is 30.0 Å². The van der Waals surface area contributed by atoms with Gasteiger partial charge < -0.3 is 5.32 Å². The molecule has 0 radical (unpaired) electrons. The average molecular weight is 237 g/mol. The molecule has 1 aliphatic heterocycles. The first kappa shape index (κ1) is 12.1. The number of thioether (sulfide) groups is 1. The fourth-order valence-corrected chi connectivity index (χ4v) is 2.54. The Balaban J connectivity index is 0.000000980. The zero-order valence-electron chi connectivity index (χ0n) is 8.29. The SMILES string of the molecule is CC1CC1CNC(=O)[C@H]1CSCN1.Cl. The Morgan fingerprint density at radius 2 is 2.36 bits per heavy atom. The molecule has 2 unspecified atom stereocenters. The van der Waals surface area contributed by atoms with Gasteiger partial charge in [0.05, 0.1) is 6.04 Å².